The van der Waals surface area contributed by atoms with Gasteiger partial charge in [0.25, 0.3) is 5.91 Å². The summed E-state index contributed by atoms with van der Waals surface area (Å²) < 4.78 is 0. The number of thiophene rings is 1. The lowest BCUT2D eigenvalue weighted by atomic mass is 9.95. The van der Waals surface area contributed by atoms with Gasteiger partial charge in [-0.25, -0.2) is 0 Å². The van der Waals surface area contributed by atoms with Crippen molar-refractivity contribution in [2.75, 3.05) is 24.5 Å². The molecule has 3 amide bonds. The minimum atomic E-state index is -0.0520. The largest absolute Gasteiger partial charge is 0.352 e. The van der Waals surface area contributed by atoms with Crippen LogP contribution in [-0.4, -0.2) is 42.3 Å². The first-order valence-corrected chi connectivity index (χ1v) is 11.0. The van der Waals surface area contributed by atoms with Gasteiger partial charge in [-0.3, -0.25) is 14.4 Å². The van der Waals surface area contributed by atoms with Crippen molar-refractivity contribution in [2.24, 2.45) is 5.92 Å². The first-order valence-electron chi connectivity index (χ1n) is 10.1. The highest BCUT2D eigenvalue weighted by Gasteiger charge is 2.28. The van der Waals surface area contributed by atoms with Gasteiger partial charge in [-0.1, -0.05) is 18.2 Å². The van der Waals surface area contributed by atoms with Crippen LogP contribution in [0, 0.1) is 5.92 Å². The highest BCUT2D eigenvalue weighted by molar-refractivity contribution is 7.12. The third kappa shape index (κ3) is 4.50. The maximum atomic E-state index is 12.5. The highest BCUT2D eigenvalue weighted by atomic mass is 32.1. The summed E-state index contributed by atoms with van der Waals surface area (Å²) in [6, 6.07) is 11.5. The second-order valence-corrected chi connectivity index (χ2v) is 8.52. The van der Waals surface area contributed by atoms with E-state index >= 15 is 0 Å². The van der Waals surface area contributed by atoms with Crippen LogP contribution in [-0.2, 0) is 16.1 Å². The molecule has 6 nitrogen and oxygen atoms in total. The lowest BCUT2D eigenvalue weighted by Gasteiger charge is -2.31. The normalized spacial score (nSPS) is 17.6. The molecule has 0 saturated carbocycles. The molecule has 0 atom stereocenters. The van der Waals surface area contributed by atoms with Gasteiger partial charge >= 0.3 is 0 Å². The first-order chi connectivity index (χ1) is 14.1. The fourth-order valence-corrected chi connectivity index (χ4v) is 4.64. The molecule has 0 spiro atoms. The van der Waals surface area contributed by atoms with Crippen molar-refractivity contribution in [2.45, 2.75) is 32.2 Å². The molecule has 2 fully saturated rings. The first kappa shape index (κ1) is 19.6. The summed E-state index contributed by atoms with van der Waals surface area (Å²) in [6.07, 6.45) is 2.92. The molecule has 1 aromatic heterocycles. The Morgan fingerprint density at radius 2 is 1.83 bits per heavy atom. The third-order valence-corrected chi connectivity index (χ3v) is 6.53. The van der Waals surface area contributed by atoms with E-state index in [9.17, 15) is 14.4 Å². The van der Waals surface area contributed by atoms with E-state index < -0.39 is 0 Å². The van der Waals surface area contributed by atoms with Gasteiger partial charge in [0, 0.05) is 44.2 Å². The van der Waals surface area contributed by atoms with E-state index in [1.807, 2.05) is 51.6 Å². The third-order valence-electron chi connectivity index (χ3n) is 5.67. The Morgan fingerprint density at radius 1 is 1.07 bits per heavy atom. The summed E-state index contributed by atoms with van der Waals surface area (Å²) in [6.45, 7) is 2.49. The molecule has 3 heterocycles. The number of carbonyl (C=O) groups is 3. The number of hydrogen-bond acceptors (Lipinski definition) is 4. The van der Waals surface area contributed by atoms with Gasteiger partial charge in [0.1, 0.15) is 0 Å². The maximum Gasteiger partial charge on any atom is 0.263 e. The van der Waals surface area contributed by atoms with E-state index in [2.05, 4.69) is 5.32 Å². The van der Waals surface area contributed by atoms with Crippen LogP contribution in [0.3, 0.4) is 0 Å². The molecule has 0 bridgehead atoms. The van der Waals surface area contributed by atoms with Gasteiger partial charge in [0.05, 0.1) is 4.88 Å². The van der Waals surface area contributed by atoms with Crippen LogP contribution in [0.25, 0.3) is 0 Å². The number of carbonyl (C=O) groups excluding carboxylic acids is 3. The SMILES string of the molecule is O=C(NCc1ccc(N2CCCC2=O)cc1)C1CCN(C(=O)c2cccs2)CC1. The predicted octanol–water partition coefficient (Wildman–Crippen LogP) is 3.04. The summed E-state index contributed by atoms with van der Waals surface area (Å²) >= 11 is 1.45. The van der Waals surface area contributed by atoms with Crippen LogP contribution >= 0.6 is 11.3 Å². The fraction of sp³-hybridized carbons (Fsp3) is 0.409. The Balaban J connectivity index is 1.24. The number of likely N-dealkylation sites (tertiary alicyclic amines) is 1. The summed E-state index contributed by atoms with van der Waals surface area (Å²) in [5, 5.41) is 4.92. The van der Waals surface area contributed by atoms with Crippen LogP contribution < -0.4 is 10.2 Å². The molecule has 0 aliphatic carbocycles. The van der Waals surface area contributed by atoms with E-state index in [-0.39, 0.29) is 23.6 Å². The molecule has 2 aliphatic heterocycles. The Labute approximate surface area is 174 Å². The smallest absolute Gasteiger partial charge is 0.263 e. The Hall–Kier alpha value is -2.67. The molecular formula is C22H25N3O3S. The Morgan fingerprint density at radius 3 is 2.45 bits per heavy atom. The zero-order valence-corrected chi connectivity index (χ0v) is 17.1. The van der Waals surface area contributed by atoms with Gasteiger partial charge in [-0.15, -0.1) is 11.3 Å². The lowest BCUT2D eigenvalue weighted by molar-refractivity contribution is -0.126. The summed E-state index contributed by atoms with van der Waals surface area (Å²) in [4.78, 5) is 41.2. The van der Waals surface area contributed by atoms with Crippen molar-refractivity contribution in [1.82, 2.24) is 10.2 Å². The van der Waals surface area contributed by atoms with Crippen molar-refractivity contribution >= 4 is 34.7 Å². The molecule has 2 aromatic rings. The number of anilines is 1. The van der Waals surface area contributed by atoms with Crippen LogP contribution in [0.1, 0.15) is 40.9 Å². The summed E-state index contributed by atoms with van der Waals surface area (Å²) in [7, 11) is 0. The average Bonchev–Trinajstić information content (AvgIpc) is 3.44. The monoisotopic (exact) mass is 411 g/mol. The van der Waals surface area contributed by atoms with Crippen LogP contribution in [0.15, 0.2) is 41.8 Å². The van der Waals surface area contributed by atoms with Crippen molar-refractivity contribution in [3.05, 3.63) is 52.2 Å². The molecule has 2 saturated heterocycles. The van der Waals surface area contributed by atoms with E-state index in [0.717, 1.165) is 29.1 Å². The molecule has 29 heavy (non-hydrogen) atoms. The molecule has 152 valence electrons. The molecule has 4 rings (SSSR count). The molecule has 0 radical (unpaired) electrons. The minimum absolute atomic E-state index is 0.0482. The number of amides is 3. The van der Waals surface area contributed by atoms with E-state index in [1.165, 1.54) is 11.3 Å². The molecule has 1 aromatic carbocycles. The van der Waals surface area contributed by atoms with E-state index in [4.69, 9.17) is 0 Å². The van der Waals surface area contributed by atoms with Gasteiger partial charge in [0.2, 0.25) is 11.8 Å². The van der Waals surface area contributed by atoms with Crippen LogP contribution in [0.2, 0.25) is 0 Å². The second kappa shape index (κ2) is 8.78. The van der Waals surface area contributed by atoms with E-state index in [1.54, 1.807) is 0 Å². The zero-order valence-electron chi connectivity index (χ0n) is 16.3. The minimum Gasteiger partial charge on any atom is -0.352 e. The van der Waals surface area contributed by atoms with Gasteiger partial charge < -0.3 is 15.1 Å². The number of nitrogens with zero attached hydrogens (tertiary/aromatic N) is 2. The quantitative estimate of drug-likeness (QED) is 0.822. The predicted molar refractivity (Wildman–Crippen MR) is 113 cm³/mol. The number of benzene rings is 1. The van der Waals surface area contributed by atoms with Crippen LogP contribution in [0.5, 0.6) is 0 Å². The molecule has 1 N–H and O–H groups in total. The zero-order chi connectivity index (χ0) is 20.2. The van der Waals surface area contributed by atoms with Gasteiger partial charge in [0.15, 0.2) is 0 Å². The fourth-order valence-electron chi connectivity index (χ4n) is 3.95. The number of hydrogen-bond donors (Lipinski definition) is 1. The van der Waals surface area contributed by atoms with E-state index in [0.29, 0.717) is 38.9 Å². The average molecular weight is 412 g/mol. The van der Waals surface area contributed by atoms with Crippen LogP contribution in [0.4, 0.5) is 5.69 Å². The molecular weight excluding hydrogens is 386 g/mol. The molecule has 7 heteroatoms. The number of piperidine rings is 1. The molecule has 2 aliphatic rings. The highest BCUT2D eigenvalue weighted by Crippen LogP contribution is 2.23. The Bertz CT molecular complexity index is 871. The lowest BCUT2D eigenvalue weighted by Crippen LogP contribution is -2.42. The van der Waals surface area contributed by atoms with Gasteiger partial charge in [-0.2, -0.15) is 0 Å². The standard InChI is InChI=1S/C22H25N3O3S/c26-20-4-1-11-25(20)18-7-5-16(6-8-18)15-23-21(27)17-9-12-24(13-10-17)22(28)19-3-2-14-29-19/h2-3,5-8,14,17H,1,4,9-13,15H2,(H,23,27). The number of nitrogens with one attached hydrogen (secondary N) is 1. The van der Waals surface area contributed by atoms with Crippen molar-refractivity contribution in [1.29, 1.82) is 0 Å². The van der Waals surface area contributed by atoms with Crippen molar-refractivity contribution < 1.29 is 14.4 Å². The summed E-state index contributed by atoms with van der Waals surface area (Å²) in [5.41, 5.74) is 1.93. The summed E-state index contributed by atoms with van der Waals surface area (Å²) in [5.74, 6) is 0.237. The molecule has 0 unspecified atom stereocenters. The second-order valence-electron chi connectivity index (χ2n) is 7.58. The van der Waals surface area contributed by atoms with Gasteiger partial charge in [-0.05, 0) is 48.4 Å². The topological polar surface area (TPSA) is 69.7 Å². The Kier molecular flexibility index (Phi) is 5.94. The maximum absolute atomic E-state index is 12.5. The van der Waals surface area contributed by atoms with Crippen molar-refractivity contribution in [3.63, 3.8) is 0 Å². The van der Waals surface area contributed by atoms with Crippen molar-refractivity contribution in [3.8, 4) is 0 Å². The number of rotatable bonds is 5.